The zero-order chi connectivity index (χ0) is 10.3. The zero-order valence-corrected chi connectivity index (χ0v) is 9.96. The molecule has 0 unspecified atom stereocenters. The maximum atomic E-state index is 6.12. The van der Waals surface area contributed by atoms with E-state index >= 15 is 0 Å². The van der Waals surface area contributed by atoms with Gasteiger partial charge in [-0.2, -0.15) is 0 Å². The number of hydrogen-bond acceptors (Lipinski definition) is 3. The van der Waals surface area contributed by atoms with E-state index < -0.39 is 0 Å². The molecule has 0 aromatic carbocycles. The first kappa shape index (κ1) is 9.87. The van der Waals surface area contributed by atoms with Crippen molar-refractivity contribution in [1.29, 1.82) is 0 Å². The smallest absolute Gasteiger partial charge is 0.141 e. The second kappa shape index (κ2) is 3.48. The maximum Gasteiger partial charge on any atom is 0.141 e. The fourth-order valence-electron chi connectivity index (χ4n) is 1.40. The average Bonchev–Trinajstić information content (AvgIpc) is 2.43. The third kappa shape index (κ3) is 1.41. The van der Waals surface area contributed by atoms with Gasteiger partial charge < -0.3 is 0 Å². The highest BCUT2D eigenvalue weighted by Gasteiger charge is 2.11. The van der Waals surface area contributed by atoms with Crippen LogP contribution in [-0.4, -0.2) is 9.97 Å². The van der Waals surface area contributed by atoms with E-state index in [0.29, 0.717) is 5.15 Å². The second-order valence-electron chi connectivity index (χ2n) is 3.25. The van der Waals surface area contributed by atoms with Gasteiger partial charge in [-0.3, -0.25) is 0 Å². The molecule has 0 fully saturated rings. The van der Waals surface area contributed by atoms with Crippen LogP contribution in [0.3, 0.4) is 0 Å². The Labute approximate surface area is 92.0 Å². The molecule has 0 N–H and O–H groups in total. The number of rotatable bonds is 1. The summed E-state index contributed by atoms with van der Waals surface area (Å²) in [5, 5.41) is 1.61. The summed E-state index contributed by atoms with van der Waals surface area (Å²) >= 11 is 7.80. The molecule has 0 aliphatic carbocycles. The van der Waals surface area contributed by atoms with E-state index in [9.17, 15) is 0 Å². The fraction of sp³-hybridized carbons (Fsp3) is 0.400. The Morgan fingerprint density at radius 2 is 2.00 bits per heavy atom. The molecule has 0 atom stereocenters. The van der Waals surface area contributed by atoms with E-state index in [-0.39, 0.29) is 0 Å². The second-order valence-corrected chi connectivity index (χ2v) is 4.81. The van der Waals surface area contributed by atoms with Crippen LogP contribution in [0.4, 0.5) is 0 Å². The Morgan fingerprint density at radius 3 is 2.64 bits per heavy atom. The predicted octanol–water partition coefficient (Wildman–Crippen LogP) is 3.52. The highest BCUT2D eigenvalue weighted by Crippen LogP contribution is 2.32. The van der Waals surface area contributed by atoms with Crippen molar-refractivity contribution in [3.63, 3.8) is 0 Å². The molecule has 0 saturated heterocycles. The van der Waals surface area contributed by atoms with Crippen LogP contribution in [0.2, 0.25) is 5.15 Å². The molecule has 0 spiro atoms. The van der Waals surface area contributed by atoms with Crippen molar-refractivity contribution < 1.29 is 0 Å². The average molecular weight is 227 g/mol. The van der Waals surface area contributed by atoms with Crippen LogP contribution in [0.15, 0.2) is 0 Å². The molecule has 74 valence electrons. The third-order valence-corrected chi connectivity index (χ3v) is 3.72. The van der Waals surface area contributed by atoms with E-state index in [2.05, 4.69) is 23.8 Å². The number of hydrogen-bond donors (Lipinski definition) is 0. The normalized spacial score (nSPS) is 11.1. The molecule has 14 heavy (non-hydrogen) atoms. The molecule has 2 nitrogen and oxygen atoms in total. The summed E-state index contributed by atoms with van der Waals surface area (Å²) in [5.74, 6) is 0.823. The van der Waals surface area contributed by atoms with Crippen molar-refractivity contribution in [2.24, 2.45) is 0 Å². The van der Waals surface area contributed by atoms with Gasteiger partial charge in [-0.25, -0.2) is 9.97 Å². The summed E-state index contributed by atoms with van der Waals surface area (Å²) in [6.45, 7) is 6.18. The fourth-order valence-corrected chi connectivity index (χ4v) is 2.83. The van der Waals surface area contributed by atoms with Gasteiger partial charge in [0, 0.05) is 11.3 Å². The van der Waals surface area contributed by atoms with Crippen LogP contribution >= 0.6 is 22.9 Å². The molecular formula is C10H11ClN2S. The zero-order valence-electron chi connectivity index (χ0n) is 8.39. The Kier molecular flexibility index (Phi) is 2.45. The Morgan fingerprint density at radius 1 is 1.29 bits per heavy atom. The van der Waals surface area contributed by atoms with Crippen molar-refractivity contribution in [3.8, 4) is 0 Å². The predicted molar refractivity (Wildman–Crippen MR) is 61.3 cm³/mol. The minimum absolute atomic E-state index is 0.591. The number of fused-ring (bicyclic) bond motifs is 1. The monoisotopic (exact) mass is 226 g/mol. The van der Waals surface area contributed by atoms with Gasteiger partial charge in [-0.05, 0) is 19.4 Å². The van der Waals surface area contributed by atoms with E-state index in [4.69, 9.17) is 11.6 Å². The van der Waals surface area contributed by atoms with Crippen molar-refractivity contribution in [2.75, 3.05) is 0 Å². The van der Waals surface area contributed by atoms with Crippen LogP contribution in [0, 0.1) is 13.8 Å². The van der Waals surface area contributed by atoms with Gasteiger partial charge in [0.05, 0.1) is 5.39 Å². The number of aryl methyl sites for hydroxylation is 3. The molecular weight excluding hydrogens is 216 g/mol. The van der Waals surface area contributed by atoms with Crippen molar-refractivity contribution in [1.82, 2.24) is 9.97 Å². The topological polar surface area (TPSA) is 25.8 Å². The van der Waals surface area contributed by atoms with Gasteiger partial charge in [0.15, 0.2) is 0 Å². The summed E-state index contributed by atoms with van der Waals surface area (Å²) < 4.78 is 0. The largest absolute Gasteiger partial charge is 0.222 e. The summed E-state index contributed by atoms with van der Waals surface area (Å²) in [7, 11) is 0. The Hall–Kier alpha value is -0.670. The lowest BCUT2D eigenvalue weighted by Crippen LogP contribution is -1.92. The number of nitrogens with zero attached hydrogens (tertiary/aromatic N) is 2. The lowest BCUT2D eigenvalue weighted by molar-refractivity contribution is 0.964. The van der Waals surface area contributed by atoms with Crippen LogP contribution in [-0.2, 0) is 6.42 Å². The quantitative estimate of drug-likeness (QED) is 0.696. The van der Waals surface area contributed by atoms with Crippen LogP contribution < -0.4 is 0 Å². The Balaban J connectivity index is 2.83. The van der Waals surface area contributed by atoms with Gasteiger partial charge in [0.2, 0.25) is 0 Å². The third-order valence-electron chi connectivity index (χ3n) is 2.35. The molecule has 0 bridgehead atoms. The minimum Gasteiger partial charge on any atom is -0.222 e. The molecule has 0 saturated carbocycles. The van der Waals surface area contributed by atoms with Gasteiger partial charge in [0.25, 0.3) is 0 Å². The summed E-state index contributed by atoms with van der Waals surface area (Å²) in [6, 6.07) is 0. The van der Waals surface area contributed by atoms with Gasteiger partial charge >= 0.3 is 0 Å². The standard InChI is InChI=1S/C10H11ClN2S/c1-4-7-12-9(11)8-5(2)6(3)14-10(8)13-7/h4H2,1-3H3. The molecule has 2 aromatic heterocycles. The minimum atomic E-state index is 0.591. The van der Waals surface area contributed by atoms with Crippen LogP contribution in [0.1, 0.15) is 23.2 Å². The van der Waals surface area contributed by atoms with Crippen molar-refractivity contribution in [3.05, 3.63) is 21.4 Å². The summed E-state index contributed by atoms with van der Waals surface area (Å²) in [6.07, 6.45) is 0.825. The van der Waals surface area contributed by atoms with Gasteiger partial charge in [0.1, 0.15) is 15.8 Å². The van der Waals surface area contributed by atoms with E-state index in [1.165, 1.54) is 10.4 Å². The summed E-state index contributed by atoms with van der Waals surface area (Å²) in [4.78, 5) is 11.0. The molecule has 2 heterocycles. The van der Waals surface area contributed by atoms with Crippen molar-refractivity contribution >= 4 is 33.2 Å². The molecule has 2 aromatic rings. The molecule has 2 rings (SSSR count). The van der Waals surface area contributed by atoms with Gasteiger partial charge in [-0.1, -0.05) is 18.5 Å². The maximum absolute atomic E-state index is 6.12. The summed E-state index contributed by atoms with van der Waals surface area (Å²) in [5.41, 5.74) is 1.21. The highest BCUT2D eigenvalue weighted by molar-refractivity contribution is 7.18. The highest BCUT2D eigenvalue weighted by atomic mass is 35.5. The first-order chi connectivity index (χ1) is 6.63. The molecule has 0 amide bonds. The van der Waals surface area contributed by atoms with Crippen LogP contribution in [0.5, 0.6) is 0 Å². The number of halogens is 1. The first-order valence-corrected chi connectivity index (χ1v) is 5.75. The number of aromatic nitrogens is 2. The molecule has 4 heteroatoms. The lowest BCUT2D eigenvalue weighted by Gasteiger charge is -1.98. The molecule has 0 aliphatic heterocycles. The van der Waals surface area contributed by atoms with E-state index in [1.807, 2.05) is 6.92 Å². The van der Waals surface area contributed by atoms with Crippen molar-refractivity contribution in [2.45, 2.75) is 27.2 Å². The first-order valence-electron chi connectivity index (χ1n) is 4.55. The lowest BCUT2D eigenvalue weighted by atomic mass is 10.2. The van der Waals surface area contributed by atoms with Gasteiger partial charge in [-0.15, -0.1) is 11.3 Å². The van der Waals surface area contributed by atoms with E-state index in [1.54, 1.807) is 11.3 Å². The van der Waals surface area contributed by atoms with E-state index in [0.717, 1.165) is 22.5 Å². The number of thiophene rings is 1. The Bertz CT molecular complexity index is 490. The SMILES string of the molecule is CCc1nc(Cl)c2c(C)c(C)sc2n1. The molecule has 0 radical (unpaired) electrons. The van der Waals surface area contributed by atoms with Crippen LogP contribution in [0.25, 0.3) is 10.2 Å². The molecule has 0 aliphatic rings.